The highest BCUT2D eigenvalue weighted by Crippen LogP contribution is 2.48. The summed E-state index contributed by atoms with van der Waals surface area (Å²) >= 11 is 1.60. The Morgan fingerprint density at radius 3 is 2.54 bits per heavy atom. The zero-order chi connectivity index (χ0) is 24.2. The van der Waals surface area contributed by atoms with Gasteiger partial charge in [0.25, 0.3) is 0 Å². The predicted octanol–water partition coefficient (Wildman–Crippen LogP) is 5.14. The Kier molecular flexibility index (Phi) is 7.63. The van der Waals surface area contributed by atoms with E-state index < -0.39 is 0 Å². The first-order valence-electron chi connectivity index (χ1n) is 12.9. The molecule has 0 spiro atoms. The summed E-state index contributed by atoms with van der Waals surface area (Å²) in [7, 11) is 0. The molecule has 7 heteroatoms. The van der Waals surface area contributed by atoms with Crippen molar-refractivity contribution in [3.8, 4) is 11.5 Å². The van der Waals surface area contributed by atoms with Crippen LogP contribution in [0.1, 0.15) is 68.7 Å². The SMILES string of the molecule is NC1CCCC(N2C(=O)C(CC(=O)NC3CCCC3)SC2c2cccc(Oc3ccccc3)c2)C1. The molecule has 1 heterocycles. The summed E-state index contributed by atoms with van der Waals surface area (Å²) in [5.74, 6) is 1.57. The van der Waals surface area contributed by atoms with E-state index in [9.17, 15) is 9.59 Å². The normalized spacial score (nSPS) is 27.2. The molecule has 2 aliphatic carbocycles. The minimum atomic E-state index is -0.377. The zero-order valence-corrected chi connectivity index (χ0v) is 20.9. The van der Waals surface area contributed by atoms with Crippen LogP contribution in [0.2, 0.25) is 0 Å². The standard InChI is InChI=1S/C28H35N3O3S/c29-20-9-7-12-22(17-20)31-27(33)25(18-26(32)30-21-10-4-5-11-21)35-28(31)19-8-6-15-24(16-19)34-23-13-2-1-3-14-23/h1-3,6,8,13-16,20-22,25,28H,4-5,7,9-12,17-18,29H2,(H,30,32). The van der Waals surface area contributed by atoms with Crippen molar-refractivity contribution in [1.82, 2.24) is 10.2 Å². The number of nitrogens with one attached hydrogen (secondary N) is 1. The fourth-order valence-corrected chi connectivity index (χ4v) is 7.15. The van der Waals surface area contributed by atoms with Crippen LogP contribution in [-0.4, -0.2) is 40.1 Å². The Morgan fingerprint density at radius 1 is 1.00 bits per heavy atom. The third kappa shape index (κ3) is 5.84. The van der Waals surface area contributed by atoms with Crippen molar-refractivity contribution >= 4 is 23.6 Å². The van der Waals surface area contributed by atoms with Gasteiger partial charge in [0.15, 0.2) is 0 Å². The molecular weight excluding hydrogens is 458 g/mol. The summed E-state index contributed by atoms with van der Waals surface area (Å²) in [6, 6.07) is 18.2. The first-order chi connectivity index (χ1) is 17.1. The molecule has 3 N–H and O–H groups in total. The maximum Gasteiger partial charge on any atom is 0.237 e. The number of nitrogens with zero attached hydrogens (tertiary/aromatic N) is 1. The number of para-hydroxylation sites is 1. The number of thioether (sulfide) groups is 1. The van der Waals surface area contributed by atoms with Crippen LogP contribution >= 0.6 is 11.8 Å². The molecule has 3 fully saturated rings. The molecule has 0 radical (unpaired) electrons. The van der Waals surface area contributed by atoms with E-state index in [1.807, 2.05) is 53.4 Å². The van der Waals surface area contributed by atoms with Crippen molar-refractivity contribution in [2.24, 2.45) is 5.73 Å². The average Bonchev–Trinajstić information content (AvgIpc) is 3.48. The molecule has 35 heavy (non-hydrogen) atoms. The average molecular weight is 494 g/mol. The van der Waals surface area contributed by atoms with E-state index in [-0.39, 0.29) is 47.0 Å². The van der Waals surface area contributed by atoms with Crippen molar-refractivity contribution in [3.63, 3.8) is 0 Å². The number of nitrogens with two attached hydrogens (primary N) is 1. The molecule has 0 aromatic heterocycles. The Hall–Kier alpha value is -2.51. The highest BCUT2D eigenvalue weighted by atomic mass is 32.2. The zero-order valence-electron chi connectivity index (χ0n) is 20.1. The molecular formula is C28H35N3O3S. The smallest absolute Gasteiger partial charge is 0.237 e. The van der Waals surface area contributed by atoms with Gasteiger partial charge in [-0.3, -0.25) is 9.59 Å². The number of hydrogen-bond donors (Lipinski definition) is 2. The van der Waals surface area contributed by atoms with Gasteiger partial charge in [-0.15, -0.1) is 11.8 Å². The molecule has 1 aliphatic heterocycles. The van der Waals surface area contributed by atoms with E-state index in [0.29, 0.717) is 0 Å². The second kappa shape index (κ2) is 11.0. The number of ether oxygens (including phenoxy) is 1. The van der Waals surface area contributed by atoms with Crippen molar-refractivity contribution in [3.05, 3.63) is 60.2 Å². The lowest BCUT2D eigenvalue weighted by Gasteiger charge is -2.37. The first kappa shape index (κ1) is 24.2. The molecule has 4 atom stereocenters. The monoisotopic (exact) mass is 493 g/mol. The van der Waals surface area contributed by atoms with Crippen LogP contribution in [0.4, 0.5) is 0 Å². The van der Waals surface area contributed by atoms with E-state index in [1.54, 1.807) is 11.8 Å². The number of carbonyl (C=O) groups is 2. The maximum absolute atomic E-state index is 13.7. The van der Waals surface area contributed by atoms with Gasteiger partial charge in [-0.25, -0.2) is 0 Å². The quantitative estimate of drug-likeness (QED) is 0.558. The van der Waals surface area contributed by atoms with Gasteiger partial charge in [-0.1, -0.05) is 43.2 Å². The first-order valence-corrected chi connectivity index (χ1v) is 13.9. The molecule has 3 aliphatic rings. The number of benzene rings is 2. The molecule has 2 aromatic carbocycles. The minimum Gasteiger partial charge on any atom is -0.457 e. The van der Waals surface area contributed by atoms with Crippen molar-refractivity contribution < 1.29 is 14.3 Å². The molecule has 2 saturated carbocycles. The van der Waals surface area contributed by atoms with Gasteiger partial charge in [0.1, 0.15) is 16.9 Å². The van der Waals surface area contributed by atoms with Crippen molar-refractivity contribution in [2.75, 3.05) is 0 Å². The lowest BCUT2D eigenvalue weighted by Crippen LogP contribution is -2.46. The van der Waals surface area contributed by atoms with Crippen LogP contribution in [0, 0.1) is 0 Å². The fraction of sp³-hybridized carbons (Fsp3) is 0.500. The summed E-state index contributed by atoms with van der Waals surface area (Å²) in [6.07, 6.45) is 8.44. The van der Waals surface area contributed by atoms with Gasteiger partial charge >= 0.3 is 0 Å². The van der Waals surface area contributed by atoms with Gasteiger partial charge < -0.3 is 20.7 Å². The Bertz CT molecular complexity index is 1030. The van der Waals surface area contributed by atoms with Crippen LogP contribution in [0.5, 0.6) is 11.5 Å². The third-order valence-corrected chi connectivity index (χ3v) is 8.82. The number of carbonyl (C=O) groups excluding carboxylic acids is 2. The second-order valence-electron chi connectivity index (χ2n) is 10.0. The van der Waals surface area contributed by atoms with Gasteiger partial charge in [-0.2, -0.15) is 0 Å². The van der Waals surface area contributed by atoms with E-state index in [0.717, 1.165) is 55.6 Å². The Labute approximate surface area is 212 Å². The van der Waals surface area contributed by atoms with Crippen LogP contribution in [0.25, 0.3) is 0 Å². The number of amides is 2. The predicted molar refractivity (Wildman–Crippen MR) is 139 cm³/mol. The van der Waals surface area contributed by atoms with Gasteiger partial charge in [0.2, 0.25) is 11.8 Å². The summed E-state index contributed by atoms with van der Waals surface area (Å²) < 4.78 is 6.07. The topological polar surface area (TPSA) is 84.7 Å². The molecule has 2 amide bonds. The van der Waals surface area contributed by atoms with Crippen molar-refractivity contribution in [1.29, 1.82) is 0 Å². The molecule has 186 valence electrons. The fourth-order valence-electron chi connectivity index (χ4n) is 5.64. The Morgan fingerprint density at radius 2 is 1.77 bits per heavy atom. The lowest BCUT2D eigenvalue weighted by atomic mass is 9.90. The molecule has 4 unspecified atom stereocenters. The Balaban J connectivity index is 1.36. The highest BCUT2D eigenvalue weighted by Gasteiger charge is 2.46. The van der Waals surface area contributed by atoms with Crippen LogP contribution in [0.3, 0.4) is 0 Å². The molecule has 1 saturated heterocycles. The van der Waals surface area contributed by atoms with E-state index in [4.69, 9.17) is 10.5 Å². The molecule has 0 bridgehead atoms. The second-order valence-corrected chi connectivity index (χ2v) is 11.3. The van der Waals surface area contributed by atoms with Gasteiger partial charge in [0.05, 0.1) is 5.25 Å². The van der Waals surface area contributed by atoms with Crippen LogP contribution in [0.15, 0.2) is 54.6 Å². The van der Waals surface area contributed by atoms with E-state index >= 15 is 0 Å². The largest absolute Gasteiger partial charge is 0.457 e. The molecule has 2 aromatic rings. The summed E-state index contributed by atoms with van der Waals surface area (Å²) in [6.45, 7) is 0. The van der Waals surface area contributed by atoms with Gasteiger partial charge in [0, 0.05) is 24.5 Å². The molecule has 5 rings (SSSR count). The number of hydrogen-bond acceptors (Lipinski definition) is 5. The van der Waals surface area contributed by atoms with E-state index in [1.165, 1.54) is 12.8 Å². The van der Waals surface area contributed by atoms with Crippen LogP contribution < -0.4 is 15.8 Å². The van der Waals surface area contributed by atoms with E-state index in [2.05, 4.69) is 11.4 Å². The lowest BCUT2D eigenvalue weighted by molar-refractivity contribution is -0.135. The number of rotatable bonds is 7. The van der Waals surface area contributed by atoms with Crippen LogP contribution in [-0.2, 0) is 9.59 Å². The summed E-state index contributed by atoms with van der Waals surface area (Å²) in [4.78, 5) is 28.5. The van der Waals surface area contributed by atoms with Crippen molar-refractivity contribution in [2.45, 2.75) is 86.5 Å². The maximum atomic E-state index is 13.7. The summed E-state index contributed by atoms with van der Waals surface area (Å²) in [5, 5.41) is 2.63. The third-order valence-electron chi connectivity index (χ3n) is 7.37. The van der Waals surface area contributed by atoms with Gasteiger partial charge in [-0.05, 0) is 68.4 Å². The molecule has 6 nitrogen and oxygen atoms in total. The highest BCUT2D eigenvalue weighted by molar-refractivity contribution is 8.01. The minimum absolute atomic E-state index is 0.00939. The summed E-state index contributed by atoms with van der Waals surface area (Å²) in [5.41, 5.74) is 7.33.